The van der Waals surface area contributed by atoms with Crippen LogP contribution in [0.3, 0.4) is 0 Å². The van der Waals surface area contributed by atoms with Crippen LogP contribution in [0.5, 0.6) is 0 Å². The number of rotatable bonds is 4. The van der Waals surface area contributed by atoms with Gasteiger partial charge in [-0.25, -0.2) is 4.98 Å². The highest BCUT2D eigenvalue weighted by atomic mass is 35.5. The fourth-order valence-electron chi connectivity index (χ4n) is 1.65. The average molecular weight is 270 g/mol. The second-order valence-corrected chi connectivity index (χ2v) is 5.44. The molecule has 100 valence electrons. The summed E-state index contributed by atoms with van der Waals surface area (Å²) in [5, 5.41) is 0.314. The van der Waals surface area contributed by atoms with E-state index in [4.69, 9.17) is 17.3 Å². The summed E-state index contributed by atoms with van der Waals surface area (Å²) < 4.78 is 0. The van der Waals surface area contributed by atoms with Gasteiger partial charge in [0.2, 0.25) is 0 Å². The van der Waals surface area contributed by atoms with E-state index < -0.39 is 0 Å². The number of hydrogen-bond donors (Lipinski definition) is 1. The molecule has 0 saturated heterocycles. The molecule has 2 N–H and O–H groups in total. The molecule has 0 radical (unpaired) electrons. The number of hydrogen-bond acceptors (Lipinski definition) is 3. The number of nitrogens with zero attached hydrogens (tertiary/aromatic N) is 2. The highest BCUT2D eigenvalue weighted by Crippen LogP contribution is 2.19. The van der Waals surface area contributed by atoms with Crippen molar-refractivity contribution in [2.45, 2.75) is 33.7 Å². The third-order valence-corrected chi connectivity index (χ3v) is 2.87. The number of halogens is 1. The van der Waals surface area contributed by atoms with Crippen molar-refractivity contribution in [3.05, 3.63) is 22.8 Å². The maximum absolute atomic E-state index is 12.4. The van der Waals surface area contributed by atoms with Crippen LogP contribution < -0.4 is 5.73 Å². The summed E-state index contributed by atoms with van der Waals surface area (Å²) in [5.74, 6) is 0.592. The Bertz CT molecular complexity index is 432. The van der Waals surface area contributed by atoms with Gasteiger partial charge in [-0.15, -0.1) is 0 Å². The standard InChI is InChI=1S/C13H20ClN3O/c1-8(2)7-17(9(3)4)13(18)10-5-11(14)12(15)16-6-10/h5-6,8-9H,7H2,1-4H3,(H2,15,16). The summed E-state index contributed by atoms with van der Waals surface area (Å²) >= 11 is 5.89. The molecule has 0 aliphatic rings. The van der Waals surface area contributed by atoms with E-state index in [1.54, 1.807) is 6.07 Å². The van der Waals surface area contributed by atoms with E-state index in [0.717, 1.165) is 0 Å². The van der Waals surface area contributed by atoms with Crippen LogP contribution >= 0.6 is 11.6 Å². The lowest BCUT2D eigenvalue weighted by Gasteiger charge is -2.28. The van der Waals surface area contributed by atoms with Crippen LogP contribution in [0, 0.1) is 5.92 Å². The monoisotopic (exact) mass is 269 g/mol. The van der Waals surface area contributed by atoms with E-state index in [9.17, 15) is 4.79 Å². The van der Waals surface area contributed by atoms with E-state index in [-0.39, 0.29) is 17.8 Å². The summed E-state index contributed by atoms with van der Waals surface area (Å²) in [7, 11) is 0. The zero-order valence-corrected chi connectivity index (χ0v) is 12.0. The summed E-state index contributed by atoms with van der Waals surface area (Å²) in [5.41, 5.74) is 6.01. The number of anilines is 1. The second-order valence-electron chi connectivity index (χ2n) is 5.04. The Labute approximate surface area is 113 Å². The smallest absolute Gasteiger partial charge is 0.255 e. The molecular formula is C13H20ClN3O. The fraction of sp³-hybridized carbons (Fsp3) is 0.538. The molecule has 0 aromatic carbocycles. The second kappa shape index (κ2) is 6.05. The van der Waals surface area contributed by atoms with E-state index in [1.807, 2.05) is 18.7 Å². The molecule has 1 aromatic heterocycles. The van der Waals surface area contributed by atoms with Crippen molar-refractivity contribution in [1.29, 1.82) is 0 Å². The predicted molar refractivity (Wildman–Crippen MR) is 74.7 cm³/mol. The molecule has 1 amide bonds. The van der Waals surface area contributed by atoms with Crippen LogP contribution in [0.1, 0.15) is 38.1 Å². The van der Waals surface area contributed by atoms with Crippen LogP contribution in [0.4, 0.5) is 5.82 Å². The molecule has 1 aromatic rings. The molecule has 0 aliphatic heterocycles. The molecule has 1 heterocycles. The Morgan fingerprint density at radius 3 is 2.50 bits per heavy atom. The van der Waals surface area contributed by atoms with Crippen molar-refractivity contribution in [2.75, 3.05) is 12.3 Å². The molecule has 0 saturated carbocycles. The number of amides is 1. The van der Waals surface area contributed by atoms with Crippen molar-refractivity contribution in [3.63, 3.8) is 0 Å². The molecule has 0 aliphatic carbocycles. The Kier molecular flexibility index (Phi) is 4.96. The van der Waals surface area contributed by atoms with Gasteiger partial charge in [0.15, 0.2) is 0 Å². The van der Waals surface area contributed by atoms with E-state index in [2.05, 4.69) is 18.8 Å². The Morgan fingerprint density at radius 2 is 2.06 bits per heavy atom. The first-order chi connectivity index (χ1) is 8.32. The van der Waals surface area contributed by atoms with Crippen LogP contribution in [-0.2, 0) is 0 Å². The summed E-state index contributed by atoms with van der Waals surface area (Å²) in [6.45, 7) is 8.85. The molecule has 0 fully saturated rings. The Morgan fingerprint density at radius 1 is 1.44 bits per heavy atom. The first kappa shape index (κ1) is 14.8. The fourth-order valence-corrected chi connectivity index (χ4v) is 1.82. The molecule has 5 heteroatoms. The van der Waals surface area contributed by atoms with E-state index in [1.165, 1.54) is 6.20 Å². The lowest BCUT2D eigenvalue weighted by molar-refractivity contribution is 0.0681. The van der Waals surface area contributed by atoms with Gasteiger partial charge in [0.1, 0.15) is 5.82 Å². The number of pyridine rings is 1. The largest absolute Gasteiger partial charge is 0.382 e. The maximum atomic E-state index is 12.4. The van der Waals surface area contributed by atoms with Crippen molar-refractivity contribution in [2.24, 2.45) is 5.92 Å². The maximum Gasteiger partial charge on any atom is 0.255 e. The van der Waals surface area contributed by atoms with E-state index >= 15 is 0 Å². The molecule has 0 bridgehead atoms. The summed E-state index contributed by atoms with van der Waals surface area (Å²) in [6.07, 6.45) is 1.47. The molecular weight excluding hydrogens is 250 g/mol. The van der Waals surface area contributed by atoms with Crippen molar-refractivity contribution < 1.29 is 4.79 Å². The Balaban J connectivity index is 2.98. The van der Waals surface area contributed by atoms with E-state index in [0.29, 0.717) is 23.0 Å². The van der Waals surface area contributed by atoms with Crippen LogP contribution in [0.15, 0.2) is 12.3 Å². The molecule has 0 spiro atoms. The van der Waals surface area contributed by atoms with Gasteiger partial charge >= 0.3 is 0 Å². The molecule has 0 unspecified atom stereocenters. The Hall–Kier alpha value is -1.29. The summed E-state index contributed by atoms with van der Waals surface area (Å²) in [6, 6.07) is 1.71. The lowest BCUT2D eigenvalue weighted by atomic mass is 10.1. The van der Waals surface area contributed by atoms with Gasteiger partial charge < -0.3 is 10.6 Å². The first-order valence-electron chi connectivity index (χ1n) is 6.05. The quantitative estimate of drug-likeness (QED) is 0.914. The highest BCUT2D eigenvalue weighted by Gasteiger charge is 2.20. The number of carbonyl (C=O) groups is 1. The van der Waals surface area contributed by atoms with Gasteiger partial charge in [0.05, 0.1) is 10.6 Å². The number of nitrogen functional groups attached to an aromatic ring is 1. The van der Waals surface area contributed by atoms with Gasteiger partial charge in [-0.1, -0.05) is 25.4 Å². The minimum Gasteiger partial charge on any atom is -0.382 e. The highest BCUT2D eigenvalue weighted by molar-refractivity contribution is 6.33. The minimum atomic E-state index is -0.0619. The number of aromatic nitrogens is 1. The van der Waals surface area contributed by atoms with Gasteiger partial charge in [0, 0.05) is 18.8 Å². The van der Waals surface area contributed by atoms with Crippen molar-refractivity contribution >= 4 is 23.3 Å². The van der Waals surface area contributed by atoms with Gasteiger partial charge in [-0.05, 0) is 25.8 Å². The molecule has 18 heavy (non-hydrogen) atoms. The third-order valence-electron chi connectivity index (χ3n) is 2.56. The van der Waals surface area contributed by atoms with Crippen molar-refractivity contribution in [1.82, 2.24) is 9.88 Å². The normalized spacial score (nSPS) is 11.1. The third kappa shape index (κ3) is 3.60. The molecule has 1 rings (SSSR count). The van der Waals surface area contributed by atoms with Gasteiger partial charge in [-0.2, -0.15) is 0 Å². The molecule has 4 nitrogen and oxygen atoms in total. The summed E-state index contributed by atoms with van der Waals surface area (Å²) in [4.78, 5) is 18.1. The SMILES string of the molecule is CC(C)CN(C(=O)c1cnc(N)c(Cl)c1)C(C)C. The average Bonchev–Trinajstić information content (AvgIpc) is 2.28. The van der Waals surface area contributed by atoms with Crippen molar-refractivity contribution in [3.8, 4) is 0 Å². The van der Waals surface area contributed by atoms with Crippen LogP contribution in [0.2, 0.25) is 5.02 Å². The topological polar surface area (TPSA) is 59.2 Å². The predicted octanol–water partition coefficient (Wildman–Crippen LogP) is 2.82. The van der Waals surface area contributed by atoms with Gasteiger partial charge in [0.25, 0.3) is 5.91 Å². The van der Waals surface area contributed by atoms with Crippen LogP contribution in [-0.4, -0.2) is 28.4 Å². The number of carbonyl (C=O) groups excluding carboxylic acids is 1. The molecule has 0 atom stereocenters. The van der Waals surface area contributed by atoms with Gasteiger partial charge in [-0.3, -0.25) is 4.79 Å². The zero-order valence-electron chi connectivity index (χ0n) is 11.3. The minimum absolute atomic E-state index is 0.0619. The zero-order chi connectivity index (χ0) is 13.9. The van der Waals surface area contributed by atoms with Crippen LogP contribution in [0.25, 0.3) is 0 Å². The lowest BCUT2D eigenvalue weighted by Crippen LogP contribution is -2.39. The number of nitrogens with two attached hydrogens (primary N) is 1. The first-order valence-corrected chi connectivity index (χ1v) is 6.42.